The monoisotopic (exact) mass is 353 g/mol. The second-order valence-corrected chi connectivity index (χ2v) is 6.21. The maximum absolute atomic E-state index is 9.49. The minimum atomic E-state index is 0.171. The third-order valence-electron chi connectivity index (χ3n) is 3.80. The molecule has 0 spiro atoms. The van der Waals surface area contributed by atoms with Gasteiger partial charge in [0.15, 0.2) is 0 Å². The third kappa shape index (κ3) is 2.94. The Hall–Kier alpha value is -2.54. The number of nitrogens with zero attached hydrogens (tertiary/aromatic N) is 2. The molecule has 0 bridgehead atoms. The zero-order valence-corrected chi connectivity index (χ0v) is 14.4. The first-order valence-corrected chi connectivity index (χ1v) is 7.99. The molecule has 24 heavy (non-hydrogen) atoms. The molecule has 0 aliphatic rings. The van der Waals surface area contributed by atoms with Crippen LogP contribution in [0.15, 0.2) is 48.5 Å². The Bertz CT molecular complexity index is 975. The second kappa shape index (κ2) is 6.52. The summed E-state index contributed by atoms with van der Waals surface area (Å²) in [5, 5.41) is 10.6. The fourth-order valence-corrected chi connectivity index (χ4v) is 2.99. The lowest BCUT2D eigenvalue weighted by Gasteiger charge is -2.13. The molecule has 0 saturated carbocycles. The molecule has 0 aliphatic heterocycles. The summed E-state index contributed by atoms with van der Waals surface area (Å²) in [4.78, 5) is 4.34. The molecule has 3 rings (SSSR count). The topological polar surface area (TPSA) is 62.7 Å². The van der Waals surface area contributed by atoms with E-state index in [2.05, 4.69) is 11.1 Å². The van der Waals surface area contributed by atoms with Crippen LogP contribution in [-0.2, 0) is 0 Å². The number of aromatic nitrogens is 1. The number of nitrogens with two attached hydrogens (primary N) is 1. The van der Waals surface area contributed by atoms with Crippen LogP contribution in [0.25, 0.3) is 22.4 Å². The van der Waals surface area contributed by atoms with Crippen LogP contribution < -0.4 is 5.73 Å². The van der Waals surface area contributed by atoms with E-state index in [0.29, 0.717) is 26.9 Å². The summed E-state index contributed by atoms with van der Waals surface area (Å²) in [6.07, 6.45) is 0. The van der Waals surface area contributed by atoms with Crippen molar-refractivity contribution in [2.24, 2.45) is 0 Å². The van der Waals surface area contributed by atoms with Gasteiger partial charge >= 0.3 is 0 Å². The number of nitrogen functional groups attached to an aromatic ring is 1. The molecule has 0 fully saturated rings. The maximum atomic E-state index is 9.49. The lowest BCUT2D eigenvalue weighted by atomic mass is 9.95. The quantitative estimate of drug-likeness (QED) is 0.662. The summed E-state index contributed by atoms with van der Waals surface area (Å²) in [5.41, 5.74) is 10.4. The van der Waals surface area contributed by atoms with Crippen LogP contribution >= 0.6 is 23.2 Å². The van der Waals surface area contributed by atoms with Crippen LogP contribution in [0.4, 0.5) is 5.82 Å². The first-order chi connectivity index (χ1) is 11.5. The number of hydrogen-bond donors (Lipinski definition) is 1. The van der Waals surface area contributed by atoms with Crippen LogP contribution in [0.5, 0.6) is 0 Å². The predicted octanol–water partition coefficient (Wildman–Crippen LogP) is 5.48. The van der Waals surface area contributed by atoms with Crippen molar-refractivity contribution in [3.8, 4) is 28.5 Å². The molecular formula is C19H13Cl2N3. The van der Waals surface area contributed by atoms with Crippen LogP contribution in [-0.4, -0.2) is 4.98 Å². The molecule has 0 aliphatic carbocycles. The van der Waals surface area contributed by atoms with Gasteiger partial charge in [0.1, 0.15) is 17.5 Å². The van der Waals surface area contributed by atoms with E-state index in [1.165, 1.54) is 0 Å². The van der Waals surface area contributed by atoms with Crippen molar-refractivity contribution in [3.63, 3.8) is 0 Å². The molecule has 3 nitrogen and oxygen atoms in total. The number of anilines is 1. The summed E-state index contributed by atoms with van der Waals surface area (Å²) in [6, 6.07) is 16.9. The Labute approximate surface area is 150 Å². The number of aryl methyl sites for hydroxylation is 1. The normalized spacial score (nSPS) is 10.4. The zero-order valence-electron chi connectivity index (χ0n) is 12.8. The number of pyridine rings is 1. The molecule has 1 aromatic heterocycles. The largest absolute Gasteiger partial charge is 0.383 e. The Morgan fingerprint density at radius 2 is 1.75 bits per heavy atom. The van der Waals surface area contributed by atoms with E-state index in [9.17, 15) is 5.26 Å². The second-order valence-electron chi connectivity index (χ2n) is 5.37. The molecule has 0 amide bonds. The van der Waals surface area contributed by atoms with E-state index in [-0.39, 0.29) is 5.82 Å². The van der Waals surface area contributed by atoms with Gasteiger partial charge in [-0.15, -0.1) is 0 Å². The van der Waals surface area contributed by atoms with Gasteiger partial charge in [0.05, 0.1) is 10.7 Å². The molecule has 0 atom stereocenters. The smallest absolute Gasteiger partial charge is 0.142 e. The van der Waals surface area contributed by atoms with Crippen molar-refractivity contribution >= 4 is 29.0 Å². The van der Waals surface area contributed by atoms with E-state index < -0.39 is 0 Å². The van der Waals surface area contributed by atoms with Gasteiger partial charge in [-0.3, -0.25) is 0 Å². The van der Waals surface area contributed by atoms with Gasteiger partial charge in [-0.2, -0.15) is 5.26 Å². The summed E-state index contributed by atoms with van der Waals surface area (Å²) in [7, 11) is 0. The summed E-state index contributed by atoms with van der Waals surface area (Å²) < 4.78 is 0. The Balaban J connectivity index is 2.31. The number of rotatable bonds is 2. The van der Waals surface area contributed by atoms with Crippen LogP contribution in [0, 0.1) is 18.3 Å². The van der Waals surface area contributed by atoms with E-state index in [4.69, 9.17) is 28.9 Å². The molecule has 0 saturated heterocycles. The molecule has 2 aromatic carbocycles. The first kappa shape index (κ1) is 16.3. The minimum absolute atomic E-state index is 0.171. The third-order valence-corrected chi connectivity index (χ3v) is 4.36. The average molecular weight is 354 g/mol. The predicted molar refractivity (Wildman–Crippen MR) is 99.0 cm³/mol. The van der Waals surface area contributed by atoms with E-state index in [0.717, 1.165) is 16.7 Å². The lowest BCUT2D eigenvalue weighted by Crippen LogP contribution is -2.00. The van der Waals surface area contributed by atoms with Crippen molar-refractivity contribution in [2.45, 2.75) is 6.92 Å². The molecule has 0 unspecified atom stereocenters. The van der Waals surface area contributed by atoms with Crippen LogP contribution in [0.2, 0.25) is 10.0 Å². The fraction of sp³-hybridized carbons (Fsp3) is 0.0526. The molecule has 1 heterocycles. The standard InChI is InChI=1S/C19H13Cl2N3/c1-11-4-2-3-5-13(11)14-9-18(24-19(23)16(14)10-22)15-8-12(20)6-7-17(15)21/h2-9H,1H3,(H2,23,24). The molecule has 3 aromatic rings. The van der Waals surface area contributed by atoms with Crippen molar-refractivity contribution in [2.75, 3.05) is 5.73 Å². The van der Waals surface area contributed by atoms with Crippen molar-refractivity contribution in [1.82, 2.24) is 4.98 Å². The highest BCUT2D eigenvalue weighted by Crippen LogP contribution is 2.36. The molecule has 2 N–H and O–H groups in total. The average Bonchev–Trinajstić information content (AvgIpc) is 2.57. The van der Waals surface area contributed by atoms with Gasteiger partial charge in [-0.05, 0) is 42.3 Å². The van der Waals surface area contributed by atoms with Gasteiger partial charge in [0, 0.05) is 16.1 Å². The Kier molecular flexibility index (Phi) is 4.44. The summed E-state index contributed by atoms with van der Waals surface area (Å²) >= 11 is 12.4. The molecular weight excluding hydrogens is 341 g/mol. The minimum Gasteiger partial charge on any atom is -0.383 e. The number of hydrogen-bond acceptors (Lipinski definition) is 3. The Morgan fingerprint density at radius 1 is 1.00 bits per heavy atom. The highest BCUT2D eigenvalue weighted by Gasteiger charge is 2.16. The van der Waals surface area contributed by atoms with Crippen molar-refractivity contribution < 1.29 is 0 Å². The molecule has 5 heteroatoms. The number of nitriles is 1. The molecule has 0 radical (unpaired) electrons. The van der Waals surface area contributed by atoms with Gasteiger partial charge in [-0.1, -0.05) is 47.5 Å². The highest BCUT2D eigenvalue weighted by atomic mass is 35.5. The van der Waals surface area contributed by atoms with Crippen molar-refractivity contribution in [1.29, 1.82) is 5.26 Å². The van der Waals surface area contributed by atoms with E-state index in [1.54, 1.807) is 18.2 Å². The molecule has 118 valence electrons. The highest BCUT2D eigenvalue weighted by molar-refractivity contribution is 6.35. The van der Waals surface area contributed by atoms with Gasteiger partial charge in [0.2, 0.25) is 0 Å². The summed E-state index contributed by atoms with van der Waals surface area (Å²) in [5.74, 6) is 0.171. The fourth-order valence-electron chi connectivity index (χ4n) is 2.60. The number of halogens is 2. The Morgan fingerprint density at radius 3 is 2.46 bits per heavy atom. The summed E-state index contributed by atoms with van der Waals surface area (Å²) in [6.45, 7) is 1.99. The first-order valence-electron chi connectivity index (χ1n) is 7.23. The lowest BCUT2D eigenvalue weighted by molar-refractivity contribution is 1.30. The zero-order chi connectivity index (χ0) is 17.3. The van der Waals surface area contributed by atoms with Gasteiger partial charge in [-0.25, -0.2) is 4.98 Å². The van der Waals surface area contributed by atoms with Crippen molar-refractivity contribution in [3.05, 3.63) is 69.7 Å². The maximum Gasteiger partial charge on any atom is 0.142 e. The number of benzene rings is 2. The SMILES string of the molecule is Cc1ccccc1-c1cc(-c2cc(Cl)ccc2Cl)nc(N)c1C#N. The van der Waals surface area contributed by atoms with Gasteiger partial charge in [0.25, 0.3) is 0 Å². The van der Waals surface area contributed by atoms with Crippen LogP contribution in [0.3, 0.4) is 0 Å². The van der Waals surface area contributed by atoms with Gasteiger partial charge < -0.3 is 5.73 Å². The van der Waals surface area contributed by atoms with E-state index in [1.807, 2.05) is 37.3 Å². The van der Waals surface area contributed by atoms with E-state index >= 15 is 0 Å². The van der Waals surface area contributed by atoms with Crippen LogP contribution in [0.1, 0.15) is 11.1 Å².